The summed E-state index contributed by atoms with van der Waals surface area (Å²) in [5, 5.41) is 12.5. The van der Waals surface area contributed by atoms with Gasteiger partial charge in [-0.3, -0.25) is 0 Å². The van der Waals surface area contributed by atoms with E-state index < -0.39 is 31.9 Å². The molecule has 0 saturated heterocycles. The molecule has 36 heavy (non-hydrogen) atoms. The molecule has 188 valence electrons. The van der Waals surface area contributed by atoms with Crippen LogP contribution in [0.3, 0.4) is 0 Å². The lowest BCUT2D eigenvalue weighted by Gasteiger charge is -2.30. The third-order valence-electron chi connectivity index (χ3n) is 7.07. The van der Waals surface area contributed by atoms with Gasteiger partial charge in [-0.05, 0) is 66.8 Å². The molecule has 1 aliphatic rings. The number of aliphatic hydroxyl groups is 1. The number of pyridine rings is 1. The summed E-state index contributed by atoms with van der Waals surface area (Å²) in [7, 11) is -7.41. The van der Waals surface area contributed by atoms with Crippen molar-refractivity contribution in [3.05, 3.63) is 90.3 Å². The summed E-state index contributed by atoms with van der Waals surface area (Å²) in [6.45, 7) is 0. The van der Waals surface area contributed by atoms with Crippen molar-refractivity contribution in [2.75, 3.05) is 6.26 Å². The quantitative estimate of drug-likeness (QED) is 0.376. The number of aliphatic hydroxyl groups excluding tert-OH is 1. The second kappa shape index (κ2) is 9.46. The standard InChI is InChI=1S/C27H28N2O5S2/c1-35(31,32)22-15-13-20(14-16-22)25(19-8-5-6-9-19)26(30)24-18-21-10-7-17-28-27(21)29(24)36(33,34)23-11-3-2-4-12-23/h2-4,7,10-19,25-26,30H,5-6,8-9H2,1H3. The minimum atomic E-state index is -4.05. The molecule has 7 nitrogen and oxygen atoms in total. The predicted octanol–water partition coefficient (Wildman–Crippen LogP) is 4.68. The molecular weight excluding hydrogens is 496 g/mol. The van der Waals surface area contributed by atoms with Gasteiger partial charge in [0.2, 0.25) is 0 Å². The van der Waals surface area contributed by atoms with Crippen molar-refractivity contribution in [2.45, 2.75) is 47.5 Å². The van der Waals surface area contributed by atoms with E-state index in [0.29, 0.717) is 5.39 Å². The highest BCUT2D eigenvalue weighted by atomic mass is 32.2. The number of hydrogen-bond donors (Lipinski definition) is 1. The summed E-state index contributed by atoms with van der Waals surface area (Å²) in [5.74, 6) is -0.280. The molecule has 2 unspecified atom stereocenters. The Morgan fingerprint density at radius 1 is 0.889 bits per heavy atom. The van der Waals surface area contributed by atoms with E-state index in [1.807, 2.05) is 0 Å². The van der Waals surface area contributed by atoms with Crippen molar-refractivity contribution in [2.24, 2.45) is 5.92 Å². The van der Waals surface area contributed by atoms with Crippen molar-refractivity contribution in [3.63, 3.8) is 0 Å². The van der Waals surface area contributed by atoms with E-state index in [9.17, 15) is 21.9 Å². The molecule has 2 heterocycles. The van der Waals surface area contributed by atoms with E-state index in [-0.39, 0.29) is 27.0 Å². The minimum absolute atomic E-state index is 0.108. The van der Waals surface area contributed by atoms with Crippen LogP contribution in [0.5, 0.6) is 0 Å². The maximum absolute atomic E-state index is 13.8. The topological polar surface area (TPSA) is 106 Å². The van der Waals surface area contributed by atoms with E-state index in [1.54, 1.807) is 60.7 Å². The first-order chi connectivity index (χ1) is 17.2. The number of aromatic nitrogens is 2. The largest absolute Gasteiger partial charge is 0.386 e. The van der Waals surface area contributed by atoms with Gasteiger partial charge in [-0.15, -0.1) is 0 Å². The summed E-state index contributed by atoms with van der Waals surface area (Å²) in [5.41, 5.74) is 1.29. The van der Waals surface area contributed by atoms with Crippen LogP contribution in [0.2, 0.25) is 0 Å². The Balaban J connectivity index is 1.68. The Kier molecular flexibility index (Phi) is 6.48. The normalized spacial score (nSPS) is 16.8. The van der Waals surface area contributed by atoms with Gasteiger partial charge < -0.3 is 5.11 Å². The molecule has 9 heteroatoms. The van der Waals surface area contributed by atoms with E-state index in [2.05, 4.69) is 4.98 Å². The average molecular weight is 525 g/mol. The third kappa shape index (κ3) is 4.47. The van der Waals surface area contributed by atoms with E-state index in [4.69, 9.17) is 0 Å². The summed E-state index contributed by atoms with van der Waals surface area (Å²) in [6.07, 6.45) is 5.41. The fourth-order valence-corrected chi connectivity index (χ4v) is 7.50. The van der Waals surface area contributed by atoms with Crippen LogP contribution in [-0.4, -0.2) is 37.2 Å². The number of benzene rings is 2. The highest BCUT2D eigenvalue weighted by molar-refractivity contribution is 7.90. The number of fused-ring (bicyclic) bond motifs is 1. The van der Waals surface area contributed by atoms with E-state index in [0.717, 1.165) is 41.5 Å². The van der Waals surface area contributed by atoms with Crippen LogP contribution in [0, 0.1) is 5.92 Å². The van der Waals surface area contributed by atoms with Gasteiger partial charge in [-0.25, -0.2) is 25.8 Å². The first-order valence-corrected chi connectivity index (χ1v) is 15.3. The molecule has 2 aromatic heterocycles. The van der Waals surface area contributed by atoms with Crippen molar-refractivity contribution in [1.82, 2.24) is 8.96 Å². The van der Waals surface area contributed by atoms with Crippen molar-refractivity contribution < 1.29 is 21.9 Å². The van der Waals surface area contributed by atoms with Crippen LogP contribution in [0.15, 0.2) is 88.8 Å². The fraction of sp³-hybridized carbons (Fsp3) is 0.296. The van der Waals surface area contributed by atoms with Gasteiger partial charge in [-0.2, -0.15) is 0 Å². The summed E-state index contributed by atoms with van der Waals surface area (Å²) in [6, 6.07) is 19.9. The van der Waals surface area contributed by atoms with Gasteiger partial charge in [0.05, 0.1) is 15.5 Å². The molecule has 1 fully saturated rings. The molecule has 2 atom stereocenters. The van der Waals surface area contributed by atoms with Gasteiger partial charge in [0.1, 0.15) is 6.10 Å². The smallest absolute Gasteiger partial charge is 0.269 e. The fourth-order valence-electron chi connectivity index (χ4n) is 5.34. The highest BCUT2D eigenvalue weighted by Gasteiger charge is 2.37. The molecule has 4 aromatic rings. The van der Waals surface area contributed by atoms with Crippen molar-refractivity contribution in [1.29, 1.82) is 0 Å². The Labute approximate surface area is 211 Å². The van der Waals surface area contributed by atoms with Crippen LogP contribution in [0.4, 0.5) is 0 Å². The molecule has 0 bridgehead atoms. The van der Waals surface area contributed by atoms with Gasteiger partial charge in [-0.1, -0.05) is 43.2 Å². The first-order valence-electron chi connectivity index (χ1n) is 11.9. The Hall–Kier alpha value is -3.01. The SMILES string of the molecule is CS(=O)(=O)c1ccc(C(C2CCCC2)C(O)c2cc3cccnc3n2S(=O)(=O)c2ccccc2)cc1. The second-order valence-electron chi connectivity index (χ2n) is 9.42. The van der Waals surface area contributed by atoms with Crippen molar-refractivity contribution in [3.8, 4) is 0 Å². The molecule has 1 aliphatic carbocycles. The first kappa shape index (κ1) is 24.7. The zero-order valence-electron chi connectivity index (χ0n) is 19.9. The lowest BCUT2D eigenvalue weighted by Crippen LogP contribution is -2.24. The number of sulfone groups is 1. The van der Waals surface area contributed by atoms with Gasteiger partial charge >= 0.3 is 0 Å². The summed E-state index contributed by atoms with van der Waals surface area (Å²) >= 11 is 0. The molecule has 0 spiro atoms. The van der Waals surface area contributed by atoms with E-state index in [1.165, 1.54) is 18.3 Å². The molecule has 0 aliphatic heterocycles. The molecule has 1 saturated carbocycles. The monoisotopic (exact) mass is 524 g/mol. The third-order valence-corrected chi connectivity index (χ3v) is 9.93. The lowest BCUT2D eigenvalue weighted by atomic mass is 9.80. The Morgan fingerprint density at radius 2 is 1.56 bits per heavy atom. The van der Waals surface area contributed by atoms with Crippen LogP contribution < -0.4 is 0 Å². The number of hydrogen-bond acceptors (Lipinski definition) is 6. The zero-order valence-corrected chi connectivity index (χ0v) is 21.5. The maximum Gasteiger partial charge on any atom is 0.269 e. The van der Waals surface area contributed by atoms with Gasteiger partial charge in [0.25, 0.3) is 10.0 Å². The molecule has 1 N–H and O–H groups in total. The maximum atomic E-state index is 13.8. The molecule has 0 radical (unpaired) electrons. The average Bonchev–Trinajstić information content (AvgIpc) is 3.53. The summed E-state index contributed by atoms with van der Waals surface area (Å²) in [4.78, 5) is 4.66. The molecular formula is C27H28N2O5S2. The van der Waals surface area contributed by atoms with E-state index >= 15 is 0 Å². The zero-order chi connectivity index (χ0) is 25.5. The molecule has 0 amide bonds. The van der Waals surface area contributed by atoms with Crippen LogP contribution >= 0.6 is 0 Å². The number of rotatable bonds is 7. The second-order valence-corrected chi connectivity index (χ2v) is 13.2. The molecule has 5 rings (SSSR count). The summed E-state index contributed by atoms with van der Waals surface area (Å²) < 4.78 is 52.8. The van der Waals surface area contributed by atoms with Crippen LogP contribution in [0.25, 0.3) is 11.0 Å². The Morgan fingerprint density at radius 3 is 2.19 bits per heavy atom. The van der Waals surface area contributed by atoms with Crippen LogP contribution in [0.1, 0.15) is 49.0 Å². The predicted molar refractivity (Wildman–Crippen MR) is 138 cm³/mol. The van der Waals surface area contributed by atoms with Crippen LogP contribution in [-0.2, 0) is 19.9 Å². The molecule has 2 aromatic carbocycles. The van der Waals surface area contributed by atoms with Gasteiger partial charge in [0, 0.05) is 23.8 Å². The lowest BCUT2D eigenvalue weighted by molar-refractivity contribution is 0.111. The van der Waals surface area contributed by atoms with Gasteiger partial charge in [0.15, 0.2) is 15.5 Å². The minimum Gasteiger partial charge on any atom is -0.386 e. The highest BCUT2D eigenvalue weighted by Crippen LogP contribution is 2.46. The Bertz CT molecular complexity index is 1590. The van der Waals surface area contributed by atoms with Crippen molar-refractivity contribution >= 4 is 30.9 Å². The number of nitrogens with zero attached hydrogens (tertiary/aromatic N) is 2.